The number of benzene rings is 2. The molecule has 0 bridgehead atoms. The van der Waals surface area contributed by atoms with Crippen LogP contribution in [0, 0.1) is 10.1 Å². The minimum atomic E-state index is -0.835. The summed E-state index contributed by atoms with van der Waals surface area (Å²) in [5.74, 6) is -1.88. The van der Waals surface area contributed by atoms with E-state index in [0.717, 1.165) is 0 Å². The van der Waals surface area contributed by atoms with Crippen molar-refractivity contribution in [2.75, 3.05) is 19.9 Å². The zero-order chi connectivity index (χ0) is 20.0. The third kappa shape index (κ3) is 4.70. The summed E-state index contributed by atoms with van der Waals surface area (Å²) in [7, 11) is 1.40. The van der Waals surface area contributed by atoms with Gasteiger partial charge in [-0.1, -0.05) is 18.2 Å². The van der Waals surface area contributed by atoms with Crippen LogP contribution in [-0.4, -0.2) is 42.5 Å². The van der Waals surface area contributed by atoms with Gasteiger partial charge in [0.15, 0.2) is 12.4 Å². The van der Waals surface area contributed by atoms with Crippen LogP contribution in [0.2, 0.25) is 0 Å². The highest BCUT2D eigenvalue weighted by Crippen LogP contribution is 2.29. The molecule has 0 saturated heterocycles. The number of ether oxygens (including phenoxy) is 1. The number of hydrogen-bond donors (Lipinski definition) is 1. The van der Waals surface area contributed by atoms with Crippen LogP contribution in [0.25, 0.3) is 0 Å². The van der Waals surface area contributed by atoms with Gasteiger partial charge in [-0.2, -0.15) is 0 Å². The first-order valence-electron chi connectivity index (χ1n) is 7.73. The van der Waals surface area contributed by atoms with E-state index in [9.17, 15) is 24.5 Å². The Bertz CT molecular complexity index is 912. The highest BCUT2D eigenvalue weighted by Gasteiger charge is 2.22. The Morgan fingerprint density at radius 1 is 1.15 bits per heavy atom. The smallest absolute Gasteiger partial charge is 0.339 e. The number of thioether (sulfide) groups is 1. The zero-order valence-electron chi connectivity index (χ0n) is 14.6. The fraction of sp³-hybridized carbons (Fsp3) is 0.167. The minimum absolute atomic E-state index is 0.0250. The Labute approximate surface area is 159 Å². The molecule has 27 heavy (non-hydrogen) atoms. The molecule has 2 aromatic carbocycles. The van der Waals surface area contributed by atoms with E-state index in [2.05, 4.69) is 5.32 Å². The maximum absolute atomic E-state index is 12.8. The average molecular weight is 388 g/mol. The first-order chi connectivity index (χ1) is 12.9. The molecular formula is C18H16N2O6S. The van der Waals surface area contributed by atoms with E-state index in [4.69, 9.17) is 4.74 Å². The number of carbonyl (C=O) groups is 3. The number of ketones is 1. The van der Waals surface area contributed by atoms with Crippen molar-refractivity contribution in [1.82, 2.24) is 5.32 Å². The van der Waals surface area contributed by atoms with Crippen molar-refractivity contribution in [2.24, 2.45) is 0 Å². The summed E-state index contributed by atoms with van der Waals surface area (Å²) in [6.45, 7) is -0.480. The minimum Gasteiger partial charge on any atom is -0.452 e. The van der Waals surface area contributed by atoms with E-state index in [1.54, 1.807) is 18.4 Å². The van der Waals surface area contributed by atoms with Crippen molar-refractivity contribution in [3.05, 3.63) is 69.3 Å². The summed E-state index contributed by atoms with van der Waals surface area (Å²) in [5, 5.41) is 13.5. The van der Waals surface area contributed by atoms with Gasteiger partial charge in [0.2, 0.25) is 0 Å². The number of amides is 1. The highest BCUT2D eigenvalue weighted by atomic mass is 32.2. The van der Waals surface area contributed by atoms with Gasteiger partial charge < -0.3 is 10.1 Å². The van der Waals surface area contributed by atoms with Crippen LogP contribution in [0.4, 0.5) is 5.69 Å². The molecule has 0 aliphatic rings. The fourth-order valence-electron chi connectivity index (χ4n) is 2.27. The van der Waals surface area contributed by atoms with Crippen LogP contribution in [0.3, 0.4) is 0 Å². The van der Waals surface area contributed by atoms with Gasteiger partial charge in [0, 0.05) is 24.2 Å². The number of nitro groups is 1. The number of nitrogens with one attached hydrogen (secondary N) is 1. The molecule has 1 amide bonds. The number of likely N-dealkylation sites (N-methyl/N-ethyl adjacent to an activating group) is 1. The number of nitro benzene ring substituents is 1. The van der Waals surface area contributed by atoms with Crippen LogP contribution in [0.15, 0.2) is 47.4 Å². The lowest BCUT2D eigenvalue weighted by molar-refractivity contribution is -0.387. The Morgan fingerprint density at radius 2 is 1.81 bits per heavy atom. The van der Waals surface area contributed by atoms with Crippen molar-refractivity contribution in [2.45, 2.75) is 4.90 Å². The first kappa shape index (κ1) is 20.1. The van der Waals surface area contributed by atoms with Crippen molar-refractivity contribution < 1.29 is 24.0 Å². The Morgan fingerprint density at radius 3 is 2.41 bits per heavy atom. The number of nitrogens with zero attached hydrogens (tertiary/aromatic N) is 1. The summed E-state index contributed by atoms with van der Waals surface area (Å²) < 4.78 is 4.89. The molecule has 0 atom stereocenters. The molecule has 8 nitrogen and oxygen atoms in total. The lowest BCUT2D eigenvalue weighted by atomic mass is 9.98. The summed E-state index contributed by atoms with van der Waals surface area (Å²) in [5.41, 5.74) is -0.104. The molecule has 2 rings (SSSR count). The molecule has 0 spiro atoms. The number of hydrogen-bond acceptors (Lipinski definition) is 7. The molecule has 2 aromatic rings. The third-order valence-electron chi connectivity index (χ3n) is 3.64. The summed E-state index contributed by atoms with van der Waals surface area (Å²) >= 11 is 1.19. The van der Waals surface area contributed by atoms with Gasteiger partial charge >= 0.3 is 5.97 Å². The summed E-state index contributed by atoms with van der Waals surface area (Å²) in [4.78, 5) is 47.4. The Hall–Kier alpha value is -3.20. The van der Waals surface area contributed by atoms with E-state index in [0.29, 0.717) is 4.90 Å². The molecular weight excluding hydrogens is 372 g/mol. The molecule has 140 valence electrons. The molecule has 0 saturated carbocycles. The third-order valence-corrected chi connectivity index (χ3v) is 4.43. The second kappa shape index (κ2) is 8.95. The Balaban J connectivity index is 2.37. The monoisotopic (exact) mass is 388 g/mol. The van der Waals surface area contributed by atoms with Crippen LogP contribution in [0.1, 0.15) is 26.3 Å². The molecule has 9 heteroatoms. The van der Waals surface area contributed by atoms with E-state index < -0.39 is 29.2 Å². The van der Waals surface area contributed by atoms with Gasteiger partial charge in [0.25, 0.3) is 11.6 Å². The van der Waals surface area contributed by atoms with Gasteiger partial charge in [0.05, 0.1) is 15.4 Å². The van der Waals surface area contributed by atoms with Gasteiger partial charge in [-0.3, -0.25) is 19.7 Å². The topological polar surface area (TPSA) is 116 Å². The largest absolute Gasteiger partial charge is 0.452 e. The molecule has 0 unspecified atom stereocenters. The average Bonchev–Trinajstić information content (AvgIpc) is 2.70. The van der Waals surface area contributed by atoms with Crippen molar-refractivity contribution >= 4 is 35.1 Å². The van der Waals surface area contributed by atoms with Crippen LogP contribution in [-0.2, 0) is 9.53 Å². The van der Waals surface area contributed by atoms with E-state index in [1.807, 2.05) is 0 Å². The Kier molecular flexibility index (Phi) is 6.67. The van der Waals surface area contributed by atoms with Crippen LogP contribution < -0.4 is 5.32 Å². The second-order valence-corrected chi connectivity index (χ2v) is 6.12. The van der Waals surface area contributed by atoms with Crippen LogP contribution in [0.5, 0.6) is 0 Å². The SMILES string of the molecule is CNC(=O)COC(=O)c1ccccc1C(=O)c1ccc(SC)c([N+](=O)[O-])c1. The number of carbonyl (C=O) groups excluding carboxylic acids is 3. The van der Waals surface area contributed by atoms with Crippen molar-refractivity contribution in [3.8, 4) is 0 Å². The lowest BCUT2D eigenvalue weighted by Gasteiger charge is -2.09. The zero-order valence-corrected chi connectivity index (χ0v) is 15.4. The molecule has 0 radical (unpaired) electrons. The maximum atomic E-state index is 12.8. The van der Waals surface area contributed by atoms with Gasteiger partial charge in [-0.15, -0.1) is 11.8 Å². The standard InChI is InChI=1S/C18H16N2O6S/c1-19-16(21)10-26-18(23)13-6-4-3-5-12(13)17(22)11-7-8-15(27-2)14(9-11)20(24)25/h3-9H,10H2,1-2H3,(H,19,21). The molecule has 0 fully saturated rings. The maximum Gasteiger partial charge on any atom is 0.339 e. The van der Waals surface area contributed by atoms with Gasteiger partial charge in [0.1, 0.15) is 0 Å². The second-order valence-electron chi connectivity index (χ2n) is 5.27. The normalized spacial score (nSPS) is 10.1. The fourth-order valence-corrected chi connectivity index (χ4v) is 2.82. The summed E-state index contributed by atoms with van der Waals surface area (Å²) in [6, 6.07) is 10.1. The van der Waals surface area contributed by atoms with Crippen molar-refractivity contribution in [1.29, 1.82) is 0 Å². The molecule has 0 aromatic heterocycles. The molecule has 0 aliphatic carbocycles. The van der Waals surface area contributed by atoms with E-state index >= 15 is 0 Å². The molecule has 1 N–H and O–H groups in total. The summed E-state index contributed by atoms with van der Waals surface area (Å²) in [6.07, 6.45) is 1.70. The first-order valence-corrected chi connectivity index (χ1v) is 8.95. The molecule has 0 aliphatic heterocycles. The van der Waals surface area contributed by atoms with Crippen molar-refractivity contribution in [3.63, 3.8) is 0 Å². The number of esters is 1. The highest BCUT2D eigenvalue weighted by molar-refractivity contribution is 7.98. The quantitative estimate of drug-likeness (QED) is 0.255. The predicted octanol–water partition coefficient (Wildman–Crippen LogP) is 2.45. The van der Waals surface area contributed by atoms with E-state index in [-0.39, 0.29) is 22.4 Å². The van der Waals surface area contributed by atoms with Gasteiger partial charge in [-0.05, 0) is 24.5 Å². The van der Waals surface area contributed by atoms with E-state index in [1.165, 1.54) is 49.1 Å². The molecule has 0 heterocycles. The lowest BCUT2D eigenvalue weighted by Crippen LogP contribution is -2.25. The van der Waals surface area contributed by atoms with Crippen LogP contribution >= 0.6 is 11.8 Å². The predicted molar refractivity (Wildman–Crippen MR) is 99.1 cm³/mol. The van der Waals surface area contributed by atoms with Gasteiger partial charge in [-0.25, -0.2) is 4.79 Å². The number of rotatable bonds is 7.